The molecule has 1 aromatic rings. The van der Waals surface area contributed by atoms with Crippen molar-refractivity contribution in [2.75, 3.05) is 0 Å². The number of nitrogens with two attached hydrogens (primary N) is 1. The summed E-state index contributed by atoms with van der Waals surface area (Å²) in [5, 5.41) is 10.8. The van der Waals surface area contributed by atoms with Gasteiger partial charge >= 0.3 is 0 Å². The summed E-state index contributed by atoms with van der Waals surface area (Å²) >= 11 is 0. The molecule has 0 radical (unpaired) electrons. The van der Waals surface area contributed by atoms with E-state index in [1.54, 1.807) is 12.1 Å². The summed E-state index contributed by atoms with van der Waals surface area (Å²) in [5.41, 5.74) is 6.34. The summed E-state index contributed by atoms with van der Waals surface area (Å²) in [6.45, 7) is 0. The molecule has 2 aliphatic rings. The molecule has 3 rings (SSSR count). The summed E-state index contributed by atoms with van der Waals surface area (Å²) in [4.78, 5) is 24.8. The lowest BCUT2D eigenvalue weighted by Crippen LogP contribution is -2.50. The van der Waals surface area contributed by atoms with Crippen molar-refractivity contribution in [2.24, 2.45) is 5.73 Å². The van der Waals surface area contributed by atoms with Crippen LogP contribution in [0.25, 0.3) is 0 Å². The van der Waals surface area contributed by atoms with Gasteiger partial charge in [-0.25, -0.2) is 0 Å². The maximum absolute atomic E-state index is 12.6. The van der Waals surface area contributed by atoms with E-state index in [1.807, 2.05) is 4.90 Å². The SMILES string of the molecule is NC1CC2CCC(C1)N2C(=O)c1cccc([N+](=O)[O-])c1. The van der Waals surface area contributed by atoms with Crippen LogP contribution in [0.15, 0.2) is 24.3 Å². The molecule has 2 bridgehead atoms. The second-order valence-electron chi connectivity index (χ2n) is 5.64. The number of non-ortho nitro benzene ring substituents is 1. The topological polar surface area (TPSA) is 89.5 Å². The van der Waals surface area contributed by atoms with Crippen molar-refractivity contribution in [3.05, 3.63) is 39.9 Å². The lowest BCUT2D eigenvalue weighted by Gasteiger charge is -2.37. The number of carbonyl (C=O) groups is 1. The predicted molar refractivity (Wildman–Crippen MR) is 73.3 cm³/mol. The second kappa shape index (κ2) is 4.86. The van der Waals surface area contributed by atoms with Gasteiger partial charge in [0.2, 0.25) is 0 Å². The maximum atomic E-state index is 12.6. The molecule has 2 heterocycles. The summed E-state index contributed by atoms with van der Waals surface area (Å²) < 4.78 is 0. The molecular formula is C14H17N3O3. The predicted octanol–water partition coefficient (Wildman–Crippen LogP) is 1.69. The largest absolute Gasteiger partial charge is 0.333 e. The van der Waals surface area contributed by atoms with E-state index < -0.39 is 4.92 Å². The fourth-order valence-corrected chi connectivity index (χ4v) is 3.45. The lowest BCUT2D eigenvalue weighted by atomic mass is 9.97. The number of nitro benzene ring substituents is 1. The first-order valence-electron chi connectivity index (χ1n) is 6.89. The first kappa shape index (κ1) is 13.1. The van der Waals surface area contributed by atoms with E-state index in [4.69, 9.17) is 5.73 Å². The molecule has 0 saturated carbocycles. The zero-order valence-corrected chi connectivity index (χ0v) is 11.1. The maximum Gasteiger partial charge on any atom is 0.270 e. The Labute approximate surface area is 116 Å². The number of piperidine rings is 1. The Morgan fingerprint density at radius 1 is 1.30 bits per heavy atom. The monoisotopic (exact) mass is 275 g/mol. The molecule has 2 aliphatic heterocycles. The third-order valence-electron chi connectivity index (χ3n) is 4.31. The van der Waals surface area contributed by atoms with E-state index in [1.165, 1.54) is 12.1 Å². The fourth-order valence-electron chi connectivity index (χ4n) is 3.45. The van der Waals surface area contributed by atoms with Crippen molar-refractivity contribution >= 4 is 11.6 Å². The molecule has 6 nitrogen and oxygen atoms in total. The number of rotatable bonds is 2. The third kappa shape index (κ3) is 2.16. The third-order valence-corrected chi connectivity index (χ3v) is 4.31. The van der Waals surface area contributed by atoms with Crippen molar-refractivity contribution in [3.63, 3.8) is 0 Å². The summed E-state index contributed by atoms with van der Waals surface area (Å²) in [6, 6.07) is 6.51. The van der Waals surface area contributed by atoms with Gasteiger partial charge in [-0.2, -0.15) is 0 Å². The number of carbonyl (C=O) groups excluding carboxylic acids is 1. The van der Waals surface area contributed by atoms with Gasteiger partial charge in [-0.3, -0.25) is 14.9 Å². The zero-order valence-electron chi connectivity index (χ0n) is 11.1. The standard InChI is InChI=1S/C14H17N3O3/c15-10-7-11-4-5-12(8-10)16(11)14(18)9-2-1-3-13(6-9)17(19)20/h1-3,6,10-12H,4-5,7-8,15H2. The van der Waals surface area contributed by atoms with Gasteiger partial charge in [0.15, 0.2) is 0 Å². The van der Waals surface area contributed by atoms with Gasteiger partial charge in [0.05, 0.1) is 4.92 Å². The van der Waals surface area contributed by atoms with E-state index in [9.17, 15) is 14.9 Å². The Morgan fingerprint density at radius 3 is 2.55 bits per heavy atom. The Hall–Kier alpha value is -1.95. The number of benzene rings is 1. The van der Waals surface area contributed by atoms with Crippen LogP contribution in [0, 0.1) is 10.1 Å². The average molecular weight is 275 g/mol. The molecule has 0 aliphatic carbocycles. The van der Waals surface area contributed by atoms with Gasteiger partial charge in [-0.05, 0) is 31.7 Å². The minimum Gasteiger partial charge on any atom is -0.333 e. The van der Waals surface area contributed by atoms with Crippen LogP contribution >= 0.6 is 0 Å². The van der Waals surface area contributed by atoms with E-state index in [0.717, 1.165) is 25.7 Å². The highest BCUT2D eigenvalue weighted by atomic mass is 16.6. The van der Waals surface area contributed by atoms with Crippen molar-refractivity contribution in [1.82, 2.24) is 4.90 Å². The van der Waals surface area contributed by atoms with Gasteiger partial charge < -0.3 is 10.6 Å². The first-order valence-corrected chi connectivity index (χ1v) is 6.89. The molecule has 6 heteroatoms. The normalized spacial score (nSPS) is 28.4. The molecule has 2 N–H and O–H groups in total. The highest BCUT2D eigenvalue weighted by molar-refractivity contribution is 5.95. The summed E-state index contributed by atoms with van der Waals surface area (Å²) in [6.07, 6.45) is 3.63. The Balaban J connectivity index is 1.86. The number of hydrogen-bond acceptors (Lipinski definition) is 4. The molecular weight excluding hydrogens is 258 g/mol. The first-order chi connectivity index (χ1) is 9.56. The molecule has 1 aromatic carbocycles. The number of nitrogens with zero attached hydrogens (tertiary/aromatic N) is 2. The van der Waals surface area contributed by atoms with Crippen LogP contribution in [-0.2, 0) is 0 Å². The van der Waals surface area contributed by atoms with Crippen LogP contribution < -0.4 is 5.73 Å². The van der Waals surface area contributed by atoms with Crippen LogP contribution in [0.3, 0.4) is 0 Å². The van der Waals surface area contributed by atoms with Crippen molar-refractivity contribution < 1.29 is 9.72 Å². The smallest absolute Gasteiger partial charge is 0.270 e. The van der Waals surface area contributed by atoms with Crippen molar-refractivity contribution in [1.29, 1.82) is 0 Å². The zero-order chi connectivity index (χ0) is 14.3. The number of nitro groups is 1. The highest BCUT2D eigenvalue weighted by Gasteiger charge is 2.42. The summed E-state index contributed by atoms with van der Waals surface area (Å²) in [5.74, 6) is -0.104. The number of amides is 1. The molecule has 2 fully saturated rings. The highest BCUT2D eigenvalue weighted by Crippen LogP contribution is 2.36. The lowest BCUT2D eigenvalue weighted by molar-refractivity contribution is -0.384. The minimum absolute atomic E-state index is 0.0445. The van der Waals surface area contributed by atoms with Crippen LogP contribution in [0.2, 0.25) is 0 Å². The van der Waals surface area contributed by atoms with E-state index >= 15 is 0 Å². The quantitative estimate of drug-likeness (QED) is 0.657. The van der Waals surface area contributed by atoms with Crippen LogP contribution in [0.4, 0.5) is 5.69 Å². The average Bonchev–Trinajstić information content (AvgIpc) is 2.70. The second-order valence-corrected chi connectivity index (χ2v) is 5.64. The van der Waals surface area contributed by atoms with Crippen molar-refractivity contribution in [3.8, 4) is 0 Å². The molecule has 20 heavy (non-hydrogen) atoms. The minimum atomic E-state index is -0.475. The van der Waals surface area contributed by atoms with E-state index in [2.05, 4.69) is 0 Å². The van der Waals surface area contributed by atoms with Gasteiger partial charge in [0.1, 0.15) is 0 Å². The molecule has 1 amide bonds. The van der Waals surface area contributed by atoms with Crippen LogP contribution in [-0.4, -0.2) is 33.9 Å². The molecule has 0 aromatic heterocycles. The Morgan fingerprint density at radius 2 is 1.95 bits per heavy atom. The Kier molecular flexibility index (Phi) is 3.17. The van der Waals surface area contributed by atoms with Gasteiger partial charge in [-0.1, -0.05) is 6.07 Å². The summed E-state index contributed by atoms with van der Waals surface area (Å²) in [7, 11) is 0. The van der Waals surface area contributed by atoms with E-state index in [-0.39, 0.29) is 29.7 Å². The number of fused-ring (bicyclic) bond motifs is 2. The molecule has 2 atom stereocenters. The van der Waals surface area contributed by atoms with Gasteiger partial charge in [0.25, 0.3) is 11.6 Å². The Bertz CT molecular complexity index is 546. The molecule has 0 spiro atoms. The number of hydrogen-bond donors (Lipinski definition) is 1. The fraction of sp³-hybridized carbons (Fsp3) is 0.500. The van der Waals surface area contributed by atoms with Gasteiger partial charge in [0, 0.05) is 35.8 Å². The van der Waals surface area contributed by atoms with Crippen LogP contribution in [0.1, 0.15) is 36.0 Å². The van der Waals surface area contributed by atoms with Crippen molar-refractivity contribution in [2.45, 2.75) is 43.8 Å². The molecule has 2 saturated heterocycles. The molecule has 2 unspecified atom stereocenters. The molecule has 106 valence electrons. The van der Waals surface area contributed by atoms with Gasteiger partial charge in [-0.15, -0.1) is 0 Å². The van der Waals surface area contributed by atoms with Crippen LogP contribution in [0.5, 0.6) is 0 Å². The van der Waals surface area contributed by atoms with E-state index in [0.29, 0.717) is 5.56 Å².